The molecule has 9 heteroatoms. The molecular formula is C14H16F2N2O4S. The average Bonchev–Trinajstić information content (AvgIpc) is 2.49. The normalized spacial score (nSPS) is 10.0. The maximum Gasteiger partial charge on any atom is 0.315 e. The Bertz CT molecular complexity index is 584. The van der Waals surface area contributed by atoms with Gasteiger partial charge in [0.05, 0.1) is 24.7 Å². The smallest absolute Gasteiger partial charge is 0.315 e. The van der Waals surface area contributed by atoms with Gasteiger partial charge in [-0.2, -0.15) is 0 Å². The van der Waals surface area contributed by atoms with Gasteiger partial charge < -0.3 is 15.4 Å². The maximum atomic E-state index is 13.0. The first-order valence-electron chi connectivity index (χ1n) is 6.67. The summed E-state index contributed by atoms with van der Waals surface area (Å²) in [7, 11) is 0. The summed E-state index contributed by atoms with van der Waals surface area (Å²) < 4.78 is 30.4. The van der Waals surface area contributed by atoms with E-state index in [0.29, 0.717) is 0 Å². The number of amides is 2. The van der Waals surface area contributed by atoms with E-state index in [2.05, 4.69) is 10.6 Å². The Hall–Kier alpha value is -2.16. The van der Waals surface area contributed by atoms with Crippen LogP contribution in [-0.4, -0.2) is 42.4 Å². The molecule has 2 amide bonds. The molecule has 126 valence electrons. The highest BCUT2D eigenvalue weighted by Gasteiger charge is 2.09. The summed E-state index contributed by atoms with van der Waals surface area (Å²) in [5.74, 6) is -3.49. The summed E-state index contributed by atoms with van der Waals surface area (Å²) in [6.07, 6.45) is 0. The molecule has 0 aliphatic rings. The fraction of sp³-hybridized carbons (Fsp3) is 0.357. The molecule has 0 aliphatic heterocycles. The van der Waals surface area contributed by atoms with E-state index in [1.54, 1.807) is 6.92 Å². The van der Waals surface area contributed by atoms with Crippen LogP contribution in [0.3, 0.4) is 0 Å². The number of nitrogens with one attached hydrogen (secondary N) is 2. The zero-order chi connectivity index (χ0) is 17.2. The van der Waals surface area contributed by atoms with Crippen molar-refractivity contribution in [3.05, 3.63) is 29.8 Å². The second kappa shape index (κ2) is 9.78. The zero-order valence-corrected chi connectivity index (χ0v) is 13.2. The van der Waals surface area contributed by atoms with Crippen LogP contribution in [0.15, 0.2) is 18.2 Å². The van der Waals surface area contributed by atoms with Crippen LogP contribution in [0, 0.1) is 11.6 Å². The van der Waals surface area contributed by atoms with E-state index in [1.165, 1.54) is 6.07 Å². The number of carbonyl (C=O) groups is 3. The highest BCUT2D eigenvalue weighted by Crippen LogP contribution is 2.12. The lowest BCUT2D eigenvalue weighted by molar-refractivity contribution is -0.139. The number of anilines is 1. The first-order valence-corrected chi connectivity index (χ1v) is 7.82. The summed E-state index contributed by atoms with van der Waals surface area (Å²) in [5.41, 5.74) is 0.0832. The van der Waals surface area contributed by atoms with Gasteiger partial charge in [0, 0.05) is 11.8 Å². The predicted octanol–water partition coefficient (Wildman–Crippen LogP) is 1.32. The molecule has 0 atom stereocenters. The highest BCUT2D eigenvalue weighted by atomic mass is 32.2. The quantitative estimate of drug-likeness (QED) is 0.694. The van der Waals surface area contributed by atoms with Crippen molar-refractivity contribution in [2.24, 2.45) is 0 Å². The summed E-state index contributed by atoms with van der Waals surface area (Å²) >= 11 is 1.06. The van der Waals surface area contributed by atoms with Gasteiger partial charge in [-0.15, -0.1) is 11.8 Å². The van der Waals surface area contributed by atoms with Crippen LogP contribution < -0.4 is 10.6 Å². The minimum Gasteiger partial charge on any atom is -0.465 e. The Kier molecular flexibility index (Phi) is 8.03. The number of halogens is 2. The second-order valence-corrected chi connectivity index (χ2v) is 5.24. The molecule has 0 aliphatic carbocycles. The molecule has 1 rings (SSSR count). The SMILES string of the molecule is CCOC(=O)CSCC(=O)NCC(=O)Nc1ccc(F)c(F)c1. The molecule has 0 radical (unpaired) electrons. The molecule has 1 aromatic rings. The second-order valence-electron chi connectivity index (χ2n) is 4.25. The third-order valence-electron chi connectivity index (χ3n) is 2.41. The fourth-order valence-corrected chi connectivity index (χ4v) is 2.08. The van der Waals surface area contributed by atoms with Crippen LogP contribution in [-0.2, 0) is 19.1 Å². The molecule has 0 heterocycles. The highest BCUT2D eigenvalue weighted by molar-refractivity contribution is 8.00. The van der Waals surface area contributed by atoms with Crippen molar-refractivity contribution >= 4 is 35.2 Å². The molecular weight excluding hydrogens is 330 g/mol. The molecule has 0 spiro atoms. The van der Waals surface area contributed by atoms with E-state index in [0.717, 1.165) is 23.9 Å². The number of esters is 1. The summed E-state index contributed by atoms with van der Waals surface area (Å²) in [6.45, 7) is 1.63. The van der Waals surface area contributed by atoms with E-state index in [1.807, 2.05) is 0 Å². The van der Waals surface area contributed by atoms with Crippen molar-refractivity contribution in [3.63, 3.8) is 0 Å². The van der Waals surface area contributed by atoms with Crippen molar-refractivity contribution in [1.82, 2.24) is 5.32 Å². The number of hydrogen-bond donors (Lipinski definition) is 2. The van der Waals surface area contributed by atoms with Crippen molar-refractivity contribution in [2.45, 2.75) is 6.92 Å². The lowest BCUT2D eigenvalue weighted by Gasteiger charge is -2.07. The minimum absolute atomic E-state index is 0.00271. The first kappa shape index (κ1) is 18.9. The summed E-state index contributed by atoms with van der Waals surface area (Å²) in [4.78, 5) is 34.1. The van der Waals surface area contributed by atoms with E-state index in [4.69, 9.17) is 4.74 Å². The number of carbonyl (C=O) groups excluding carboxylic acids is 3. The topological polar surface area (TPSA) is 84.5 Å². The zero-order valence-electron chi connectivity index (χ0n) is 12.4. The van der Waals surface area contributed by atoms with Gasteiger partial charge in [0.25, 0.3) is 0 Å². The Labute approximate surface area is 136 Å². The molecule has 0 saturated carbocycles. The molecule has 0 fully saturated rings. The third-order valence-corrected chi connectivity index (χ3v) is 3.31. The number of ether oxygens (including phenoxy) is 1. The lowest BCUT2D eigenvalue weighted by Crippen LogP contribution is -2.34. The molecule has 0 bridgehead atoms. The van der Waals surface area contributed by atoms with E-state index < -0.39 is 29.4 Å². The summed E-state index contributed by atoms with van der Waals surface area (Å²) in [6, 6.07) is 2.92. The predicted molar refractivity (Wildman–Crippen MR) is 82.0 cm³/mol. The van der Waals surface area contributed by atoms with Crippen LogP contribution in [0.4, 0.5) is 14.5 Å². The molecule has 23 heavy (non-hydrogen) atoms. The number of rotatable bonds is 8. The summed E-state index contributed by atoms with van der Waals surface area (Å²) in [5, 5.41) is 4.66. The fourth-order valence-electron chi connectivity index (χ4n) is 1.44. The van der Waals surface area contributed by atoms with Crippen LogP contribution >= 0.6 is 11.8 Å². The largest absolute Gasteiger partial charge is 0.465 e. The van der Waals surface area contributed by atoms with Crippen LogP contribution in [0.2, 0.25) is 0 Å². The average molecular weight is 346 g/mol. The van der Waals surface area contributed by atoms with Gasteiger partial charge in [-0.1, -0.05) is 0 Å². The van der Waals surface area contributed by atoms with Crippen LogP contribution in [0.25, 0.3) is 0 Å². The van der Waals surface area contributed by atoms with Gasteiger partial charge >= 0.3 is 5.97 Å². The van der Waals surface area contributed by atoms with E-state index in [9.17, 15) is 23.2 Å². The van der Waals surface area contributed by atoms with Crippen molar-refractivity contribution < 1.29 is 27.9 Å². The lowest BCUT2D eigenvalue weighted by atomic mass is 10.3. The third kappa shape index (κ3) is 7.59. The molecule has 0 saturated heterocycles. The van der Waals surface area contributed by atoms with Gasteiger partial charge in [0.1, 0.15) is 0 Å². The van der Waals surface area contributed by atoms with Crippen LogP contribution in [0.1, 0.15) is 6.92 Å². The number of hydrogen-bond acceptors (Lipinski definition) is 5. The Morgan fingerprint density at radius 2 is 1.87 bits per heavy atom. The maximum absolute atomic E-state index is 13.0. The van der Waals surface area contributed by atoms with Crippen molar-refractivity contribution in [1.29, 1.82) is 0 Å². The van der Waals surface area contributed by atoms with Crippen molar-refractivity contribution in [3.8, 4) is 0 Å². The van der Waals surface area contributed by atoms with Gasteiger partial charge in [0.15, 0.2) is 11.6 Å². The number of thioether (sulfide) groups is 1. The Balaban J connectivity index is 2.25. The monoisotopic (exact) mass is 346 g/mol. The minimum atomic E-state index is -1.08. The first-order chi connectivity index (χ1) is 10.9. The molecule has 2 N–H and O–H groups in total. The number of benzene rings is 1. The Morgan fingerprint density at radius 3 is 2.52 bits per heavy atom. The standard InChI is InChI=1S/C14H16F2N2O4S/c1-2-22-14(21)8-23-7-13(20)17-6-12(19)18-9-3-4-10(15)11(16)5-9/h3-5H,2,6-8H2,1H3,(H,17,20)(H,18,19). The van der Waals surface area contributed by atoms with Gasteiger partial charge in [-0.25, -0.2) is 8.78 Å². The van der Waals surface area contributed by atoms with E-state index in [-0.39, 0.29) is 30.3 Å². The molecule has 0 unspecified atom stereocenters. The van der Waals surface area contributed by atoms with Crippen molar-refractivity contribution in [2.75, 3.05) is 30.0 Å². The van der Waals surface area contributed by atoms with Gasteiger partial charge in [-0.05, 0) is 19.1 Å². The molecule has 6 nitrogen and oxygen atoms in total. The van der Waals surface area contributed by atoms with Gasteiger partial charge in [0.2, 0.25) is 11.8 Å². The molecule has 0 aromatic heterocycles. The molecule has 1 aromatic carbocycles. The van der Waals surface area contributed by atoms with E-state index >= 15 is 0 Å². The van der Waals surface area contributed by atoms with Gasteiger partial charge in [-0.3, -0.25) is 14.4 Å². The van der Waals surface area contributed by atoms with Crippen LogP contribution in [0.5, 0.6) is 0 Å². The Morgan fingerprint density at radius 1 is 1.13 bits per heavy atom.